The van der Waals surface area contributed by atoms with Gasteiger partial charge in [0.1, 0.15) is 29.2 Å². The molecule has 0 bridgehead atoms. The van der Waals surface area contributed by atoms with E-state index < -0.39 is 11.9 Å². The number of allylic oxidation sites excluding steroid dienone is 1. The number of esters is 2. The van der Waals surface area contributed by atoms with Gasteiger partial charge in [-0.25, -0.2) is 9.59 Å². The Hall–Kier alpha value is -3.98. The Labute approximate surface area is 204 Å². The highest BCUT2D eigenvalue weighted by Gasteiger charge is 2.30. The highest BCUT2D eigenvalue weighted by molar-refractivity contribution is 8.24. The predicted molar refractivity (Wildman–Crippen MR) is 129 cm³/mol. The van der Waals surface area contributed by atoms with Crippen molar-refractivity contribution in [3.63, 3.8) is 0 Å². The minimum absolute atomic E-state index is 0.0715. The number of thioether (sulfide) groups is 2. The third-order valence-corrected chi connectivity index (χ3v) is 7.46. The van der Waals surface area contributed by atoms with Crippen LogP contribution in [0.25, 0.3) is 0 Å². The van der Waals surface area contributed by atoms with E-state index in [9.17, 15) is 20.1 Å². The van der Waals surface area contributed by atoms with E-state index in [1.54, 1.807) is 24.3 Å². The average Bonchev–Trinajstić information content (AvgIpc) is 3.28. The fourth-order valence-corrected chi connectivity index (χ4v) is 5.48. The zero-order valence-corrected chi connectivity index (χ0v) is 19.8. The summed E-state index contributed by atoms with van der Waals surface area (Å²) < 4.78 is 11.7. The van der Waals surface area contributed by atoms with Crippen LogP contribution in [0.3, 0.4) is 0 Å². The molecular weight excluding hydrogens is 468 g/mol. The van der Waals surface area contributed by atoms with Gasteiger partial charge in [-0.15, -0.1) is 0 Å². The van der Waals surface area contributed by atoms with Crippen molar-refractivity contribution in [3.05, 3.63) is 92.7 Å². The van der Waals surface area contributed by atoms with Crippen molar-refractivity contribution in [2.24, 2.45) is 0 Å². The van der Waals surface area contributed by atoms with E-state index in [1.165, 1.54) is 12.1 Å². The third-order valence-electron chi connectivity index (χ3n) is 4.84. The molecule has 0 amide bonds. The predicted octanol–water partition coefficient (Wildman–Crippen LogP) is 6.20. The summed E-state index contributed by atoms with van der Waals surface area (Å²) in [5, 5.41) is 18.6. The lowest BCUT2D eigenvalue weighted by Gasteiger charge is -2.12. The van der Waals surface area contributed by atoms with Gasteiger partial charge in [0.25, 0.3) is 0 Å². The van der Waals surface area contributed by atoms with E-state index in [0.717, 1.165) is 34.7 Å². The molecule has 0 spiro atoms. The number of fused-ring (bicyclic) bond motifs is 1. The minimum Gasteiger partial charge on any atom is -0.422 e. The molecule has 0 N–H and O–H groups in total. The molecule has 3 aromatic rings. The van der Waals surface area contributed by atoms with E-state index in [4.69, 9.17) is 9.47 Å². The number of carbonyl (C=O) groups excluding carboxylic acids is 2. The van der Waals surface area contributed by atoms with Gasteiger partial charge in [0, 0.05) is 0 Å². The van der Waals surface area contributed by atoms with E-state index in [-0.39, 0.29) is 17.1 Å². The molecule has 1 aliphatic rings. The molecule has 0 unspecified atom stereocenters. The molecule has 1 heterocycles. The number of rotatable bonds is 4. The molecule has 6 nitrogen and oxygen atoms in total. The number of nitrogens with zero attached hydrogens (tertiary/aromatic N) is 2. The normalized spacial score (nSPS) is 11.7. The summed E-state index contributed by atoms with van der Waals surface area (Å²) in [5.41, 5.74) is 2.72. The van der Waals surface area contributed by atoms with Crippen molar-refractivity contribution in [2.45, 2.75) is 23.6 Å². The smallest absolute Gasteiger partial charge is 0.343 e. The second kappa shape index (κ2) is 9.88. The van der Waals surface area contributed by atoms with Gasteiger partial charge < -0.3 is 9.47 Å². The zero-order chi connectivity index (χ0) is 24.2. The standard InChI is InChI=1S/C26H16N2O4S2/c1-15-3-7-17(8-4-15)24(29)31-20-11-12-21(32-25(30)18-9-5-16(2)6-10-18)23-22(20)33-26(34-23)19(13-27)14-28/h3-12H,1-2H3. The third kappa shape index (κ3) is 4.84. The van der Waals surface area contributed by atoms with Crippen LogP contribution in [0.15, 0.2) is 80.3 Å². The number of carbonyl (C=O) groups is 2. The van der Waals surface area contributed by atoms with Crippen LogP contribution in [0.5, 0.6) is 11.5 Å². The highest BCUT2D eigenvalue weighted by Crippen LogP contribution is 2.58. The number of aryl methyl sites for hydroxylation is 2. The van der Waals surface area contributed by atoms with Gasteiger partial charge in [-0.1, -0.05) is 58.9 Å². The summed E-state index contributed by atoms with van der Waals surface area (Å²) in [7, 11) is 0. The van der Waals surface area contributed by atoms with Crippen molar-refractivity contribution < 1.29 is 19.1 Å². The summed E-state index contributed by atoms with van der Waals surface area (Å²) in [6.45, 7) is 3.84. The Morgan fingerprint density at radius 1 is 0.676 bits per heavy atom. The van der Waals surface area contributed by atoms with Crippen LogP contribution in [0.4, 0.5) is 0 Å². The van der Waals surface area contributed by atoms with Crippen molar-refractivity contribution in [3.8, 4) is 23.6 Å². The highest BCUT2D eigenvalue weighted by atomic mass is 32.2. The fraction of sp³-hybridized carbons (Fsp3) is 0.0769. The molecule has 0 aromatic heterocycles. The lowest BCUT2D eigenvalue weighted by Crippen LogP contribution is -2.11. The number of hydrogen-bond acceptors (Lipinski definition) is 8. The molecule has 0 fully saturated rings. The van der Waals surface area contributed by atoms with Crippen molar-refractivity contribution in [1.82, 2.24) is 0 Å². The molecule has 166 valence electrons. The van der Waals surface area contributed by atoms with Crippen LogP contribution < -0.4 is 9.47 Å². The topological polar surface area (TPSA) is 100 Å². The summed E-state index contributed by atoms with van der Waals surface area (Å²) in [4.78, 5) is 26.4. The molecule has 0 saturated carbocycles. The first-order valence-electron chi connectivity index (χ1n) is 10.0. The SMILES string of the molecule is Cc1ccc(C(=O)Oc2ccc(OC(=O)c3ccc(C)cc3)c3c2SC(=C(C#N)C#N)S3)cc1. The average molecular weight is 485 g/mol. The molecular formula is C26H16N2O4S2. The monoisotopic (exact) mass is 484 g/mol. The van der Waals surface area contributed by atoms with E-state index in [2.05, 4.69) is 0 Å². The van der Waals surface area contributed by atoms with Gasteiger partial charge >= 0.3 is 11.9 Å². The zero-order valence-electron chi connectivity index (χ0n) is 18.1. The first-order valence-corrected chi connectivity index (χ1v) is 11.7. The van der Waals surface area contributed by atoms with Crippen LogP contribution in [0, 0.1) is 36.5 Å². The summed E-state index contributed by atoms with van der Waals surface area (Å²) >= 11 is 2.26. The van der Waals surface area contributed by atoms with Gasteiger partial charge in [0.05, 0.1) is 25.2 Å². The van der Waals surface area contributed by atoms with E-state index in [1.807, 2.05) is 50.3 Å². The van der Waals surface area contributed by atoms with Crippen LogP contribution >= 0.6 is 23.5 Å². The summed E-state index contributed by atoms with van der Waals surface area (Å²) in [6, 6.07) is 20.8. The van der Waals surface area contributed by atoms with Crippen molar-refractivity contribution in [1.29, 1.82) is 10.5 Å². The maximum atomic E-state index is 12.7. The largest absolute Gasteiger partial charge is 0.422 e. The Morgan fingerprint density at radius 3 is 1.41 bits per heavy atom. The van der Waals surface area contributed by atoms with Crippen LogP contribution in [-0.2, 0) is 0 Å². The summed E-state index contributed by atoms with van der Waals surface area (Å²) in [6.07, 6.45) is 0. The Bertz CT molecular complexity index is 1310. The van der Waals surface area contributed by atoms with Crippen LogP contribution in [-0.4, -0.2) is 11.9 Å². The first-order chi connectivity index (χ1) is 16.4. The quantitative estimate of drug-likeness (QED) is 0.245. The van der Waals surface area contributed by atoms with Gasteiger partial charge in [-0.05, 0) is 50.2 Å². The lowest BCUT2D eigenvalue weighted by molar-refractivity contribution is 0.0711. The maximum absolute atomic E-state index is 12.7. The number of hydrogen-bond donors (Lipinski definition) is 0. The van der Waals surface area contributed by atoms with E-state index in [0.29, 0.717) is 25.2 Å². The second-order valence-corrected chi connectivity index (χ2v) is 9.62. The second-order valence-electron chi connectivity index (χ2n) is 7.32. The molecule has 0 aliphatic carbocycles. The molecule has 0 saturated heterocycles. The molecule has 3 aromatic carbocycles. The maximum Gasteiger partial charge on any atom is 0.343 e. The Morgan fingerprint density at radius 2 is 1.06 bits per heavy atom. The molecule has 4 rings (SSSR count). The Balaban J connectivity index is 1.69. The van der Waals surface area contributed by atoms with E-state index >= 15 is 0 Å². The van der Waals surface area contributed by atoms with Gasteiger partial charge in [0.2, 0.25) is 0 Å². The van der Waals surface area contributed by atoms with Crippen LogP contribution in [0.1, 0.15) is 31.8 Å². The molecule has 8 heteroatoms. The molecule has 34 heavy (non-hydrogen) atoms. The first kappa shape index (κ1) is 23.2. The van der Waals surface area contributed by atoms with Crippen molar-refractivity contribution in [2.75, 3.05) is 0 Å². The Kier molecular flexibility index (Phi) is 6.74. The number of ether oxygens (including phenoxy) is 2. The number of nitriles is 2. The molecule has 1 aliphatic heterocycles. The van der Waals surface area contributed by atoms with Gasteiger partial charge in [-0.2, -0.15) is 10.5 Å². The number of benzene rings is 3. The van der Waals surface area contributed by atoms with Crippen molar-refractivity contribution >= 4 is 35.5 Å². The minimum atomic E-state index is -0.546. The van der Waals surface area contributed by atoms with Crippen LogP contribution in [0.2, 0.25) is 0 Å². The fourth-order valence-electron chi connectivity index (χ4n) is 3.00. The van der Waals surface area contributed by atoms with Gasteiger partial charge in [-0.3, -0.25) is 0 Å². The molecule has 0 atom stereocenters. The summed E-state index contributed by atoms with van der Waals surface area (Å²) in [5.74, 6) is -0.595. The molecule has 0 radical (unpaired) electrons. The lowest BCUT2D eigenvalue weighted by atomic mass is 10.1. The van der Waals surface area contributed by atoms with Gasteiger partial charge in [0.15, 0.2) is 0 Å².